The van der Waals surface area contributed by atoms with E-state index in [9.17, 15) is 18.4 Å². The van der Waals surface area contributed by atoms with Crippen molar-refractivity contribution in [1.29, 1.82) is 0 Å². The van der Waals surface area contributed by atoms with Crippen molar-refractivity contribution in [3.63, 3.8) is 0 Å². The van der Waals surface area contributed by atoms with E-state index in [4.69, 9.17) is 4.74 Å². The van der Waals surface area contributed by atoms with Crippen molar-refractivity contribution in [2.75, 3.05) is 24.2 Å². The number of nitrogens with zero attached hydrogens (tertiary/aromatic N) is 2. The smallest absolute Gasteiger partial charge is 0.242 e. The lowest BCUT2D eigenvalue weighted by Crippen LogP contribution is -2.49. The van der Waals surface area contributed by atoms with Crippen molar-refractivity contribution in [3.8, 4) is 0 Å². The average Bonchev–Trinajstić information content (AvgIpc) is 3.11. The van der Waals surface area contributed by atoms with Crippen LogP contribution in [0.4, 0.5) is 14.5 Å². The van der Waals surface area contributed by atoms with E-state index in [1.807, 2.05) is 53.8 Å². The van der Waals surface area contributed by atoms with Gasteiger partial charge in [-0.1, -0.05) is 18.2 Å². The first kappa shape index (κ1) is 23.3. The molecule has 2 amide bonds. The number of morpholine rings is 1. The fourth-order valence-electron chi connectivity index (χ4n) is 4.01. The van der Waals surface area contributed by atoms with Gasteiger partial charge in [-0.3, -0.25) is 9.59 Å². The van der Waals surface area contributed by atoms with Crippen LogP contribution < -0.4 is 5.32 Å². The van der Waals surface area contributed by atoms with Crippen molar-refractivity contribution in [2.24, 2.45) is 0 Å². The van der Waals surface area contributed by atoms with Crippen LogP contribution in [-0.4, -0.2) is 52.3 Å². The first-order chi connectivity index (χ1) is 15.8. The lowest BCUT2D eigenvalue weighted by atomic mass is 10.2. The summed E-state index contributed by atoms with van der Waals surface area (Å²) in [5.41, 5.74) is 0.830. The van der Waals surface area contributed by atoms with Gasteiger partial charge in [-0.25, -0.2) is 8.78 Å². The van der Waals surface area contributed by atoms with Gasteiger partial charge in [0.05, 0.1) is 23.6 Å². The first-order valence-electron chi connectivity index (χ1n) is 10.7. The number of hydrogen-bond acceptors (Lipinski definition) is 4. The Labute approximate surface area is 194 Å². The molecule has 6 nitrogen and oxygen atoms in total. The number of carbonyl (C=O) groups excluding carboxylic acids is 2. The van der Waals surface area contributed by atoms with Gasteiger partial charge in [0.1, 0.15) is 18.2 Å². The fourth-order valence-corrected chi connectivity index (χ4v) is 4.90. The van der Waals surface area contributed by atoms with Gasteiger partial charge in [-0.05, 0) is 32.0 Å². The Morgan fingerprint density at radius 1 is 1.12 bits per heavy atom. The number of ether oxygens (including phenoxy) is 1. The van der Waals surface area contributed by atoms with Crippen LogP contribution in [0.5, 0.6) is 0 Å². The van der Waals surface area contributed by atoms with Gasteiger partial charge >= 0.3 is 0 Å². The molecule has 2 aromatic carbocycles. The number of anilines is 1. The number of hydrogen-bond donors (Lipinski definition) is 1. The van der Waals surface area contributed by atoms with Crippen molar-refractivity contribution < 1.29 is 23.1 Å². The second kappa shape index (κ2) is 9.93. The SMILES string of the molecule is CC1CN(C(=O)Cn2cc(SCC(=O)Nc3ccc(F)cc3F)c3ccccc32)CC(C)O1. The van der Waals surface area contributed by atoms with Crippen LogP contribution in [0.2, 0.25) is 0 Å². The molecule has 1 N–H and O–H groups in total. The highest BCUT2D eigenvalue weighted by Crippen LogP contribution is 2.30. The number of benzene rings is 2. The summed E-state index contributed by atoms with van der Waals surface area (Å²) >= 11 is 1.30. The monoisotopic (exact) mass is 473 g/mol. The topological polar surface area (TPSA) is 63.6 Å². The highest BCUT2D eigenvalue weighted by Gasteiger charge is 2.26. The van der Waals surface area contributed by atoms with Gasteiger partial charge in [-0.2, -0.15) is 0 Å². The minimum atomic E-state index is -0.824. The van der Waals surface area contributed by atoms with Crippen LogP contribution in [0.25, 0.3) is 10.9 Å². The summed E-state index contributed by atoms with van der Waals surface area (Å²) in [6.07, 6.45) is 1.86. The molecule has 2 heterocycles. The lowest BCUT2D eigenvalue weighted by molar-refractivity contribution is -0.143. The largest absolute Gasteiger partial charge is 0.372 e. The molecule has 0 aliphatic carbocycles. The maximum absolute atomic E-state index is 13.8. The molecule has 1 saturated heterocycles. The predicted octanol–water partition coefficient (Wildman–Crippen LogP) is 4.29. The van der Waals surface area contributed by atoms with Crippen LogP contribution in [0.15, 0.2) is 53.6 Å². The number of thioether (sulfide) groups is 1. The summed E-state index contributed by atoms with van der Waals surface area (Å²) in [6.45, 7) is 5.22. The zero-order valence-corrected chi connectivity index (χ0v) is 19.2. The van der Waals surface area contributed by atoms with Gasteiger partial charge in [-0.15, -0.1) is 11.8 Å². The summed E-state index contributed by atoms with van der Waals surface area (Å²) in [5, 5.41) is 3.40. The standard InChI is InChI=1S/C24H25F2N3O3S/c1-15-10-29(11-16(2)32-15)24(31)13-28-12-22(18-5-3-4-6-21(18)28)33-14-23(30)27-20-8-7-17(25)9-19(20)26/h3-9,12,15-16H,10-11,13-14H2,1-2H3,(H,27,30). The Morgan fingerprint density at radius 3 is 2.58 bits per heavy atom. The molecule has 33 heavy (non-hydrogen) atoms. The van der Waals surface area contributed by atoms with Crippen LogP contribution in [0, 0.1) is 11.6 Å². The number of nitrogens with one attached hydrogen (secondary N) is 1. The number of amides is 2. The summed E-state index contributed by atoms with van der Waals surface area (Å²) in [6, 6.07) is 10.7. The minimum Gasteiger partial charge on any atom is -0.372 e. The Bertz CT molecular complexity index is 1170. The highest BCUT2D eigenvalue weighted by molar-refractivity contribution is 8.00. The van der Waals surface area contributed by atoms with Crippen LogP contribution in [-0.2, 0) is 20.9 Å². The zero-order chi connectivity index (χ0) is 23.5. The molecule has 0 bridgehead atoms. The van der Waals surface area contributed by atoms with Crippen molar-refractivity contribution >= 4 is 40.2 Å². The number of carbonyl (C=O) groups is 2. The lowest BCUT2D eigenvalue weighted by Gasteiger charge is -2.35. The molecule has 1 aliphatic rings. The quantitative estimate of drug-likeness (QED) is 0.543. The van der Waals surface area contributed by atoms with Crippen molar-refractivity contribution in [3.05, 3.63) is 60.3 Å². The van der Waals surface area contributed by atoms with Crippen LogP contribution >= 0.6 is 11.8 Å². The second-order valence-electron chi connectivity index (χ2n) is 8.16. The molecular formula is C24H25F2N3O3S. The Kier molecular flexibility index (Phi) is 6.99. The maximum Gasteiger partial charge on any atom is 0.242 e. The van der Waals surface area contributed by atoms with E-state index >= 15 is 0 Å². The third-order valence-corrected chi connectivity index (χ3v) is 6.44. The third-order valence-electron chi connectivity index (χ3n) is 5.39. The molecule has 1 fully saturated rings. The van der Waals surface area contributed by atoms with E-state index in [0.717, 1.165) is 27.9 Å². The molecule has 2 atom stereocenters. The molecular weight excluding hydrogens is 448 g/mol. The molecule has 9 heteroatoms. The zero-order valence-electron chi connectivity index (χ0n) is 18.4. The summed E-state index contributed by atoms with van der Waals surface area (Å²) in [5.74, 6) is -1.89. The van der Waals surface area contributed by atoms with Gasteiger partial charge < -0.3 is 19.5 Å². The van der Waals surface area contributed by atoms with E-state index in [1.165, 1.54) is 17.8 Å². The van der Waals surface area contributed by atoms with Gasteiger partial charge in [0, 0.05) is 41.2 Å². The second-order valence-corrected chi connectivity index (χ2v) is 9.17. The minimum absolute atomic E-state index is 0.00493. The molecule has 174 valence electrons. The van der Waals surface area contributed by atoms with Gasteiger partial charge in [0.2, 0.25) is 11.8 Å². The van der Waals surface area contributed by atoms with E-state index in [0.29, 0.717) is 13.1 Å². The summed E-state index contributed by atoms with van der Waals surface area (Å²) in [4.78, 5) is 28.0. The van der Waals surface area contributed by atoms with Crippen molar-refractivity contribution in [2.45, 2.75) is 37.5 Å². The van der Waals surface area contributed by atoms with E-state index in [2.05, 4.69) is 5.32 Å². The molecule has 0 saturated carbocycles. The molecule has 2 unspecified atom stereocenters. The summed E-state index contributed by atoms with van der Waals surface area (Å²) in [7, 11) is 0. The van der Waals surface area contributed by atoms with Gasteiger partial charge in [0.25, 0.3) is 0 Å². The van der Waals surface area contributed by atoms with Gasteiger partial charge in [0.15, 0.2) is 0 Å². The molecule has 0 spiro atoms. The number of para-hydroxylation sites is 1. The Balaban J connectivity index is 1.45. The van der Waals surface area contributed by atoms with E-state index in [-0.39, 0.29) is 36.1 Å². The maximum atomic E-state index is 13.8. The number of rotatable bonds is 6. The normalized spacial score (nSPS) is 18.5. The van der Waals surface area contributed by atoms with Crippen LogP contribution in [0.1, 0.15) is 13.8 Å². The number of aromatic nitrogens is 1. The predicted molar refractivity (Wildman–Crippen MR) is 124 cm³/mol. The Morgan fingerprint density at radius 2 is 1.85 bits per heavy atom. The summed E-state index contributed by atoms with van der Waals surface area (Å²) < 4.78 is 34.5. The molecule has 1 aliphatic heterocycles. The molecule has 3 aromatic rings. The van der Waals surface area contributed by atoms with E-state index in [1.54, 1.807) is 0 Å². The average molecular weight is 474 g/mol. The first-order valence-corrected chi connectivity index (χ1v) is 11.7. The Hall–Kier alpha value is -2.91. The third kappa shape index (κ3) is 5.54. The fraction of sp³-hybridized carbons (Fsp3) is 0.333. The van der Waals surface area contributed by atoms with Crippen LogP contribution in [0.3, 0.4) is 0 Å². The molecule has 4 rings (SSSR count). The number of halogens is 2. The molecule has 0 radical (unpaired) electrons. The number of fused-ring (bicyclic) bond motifs is 1. The molecule has 1 aromatic heterocycles. The van der Waals surface area contributed by atoms with E-state index < -0.39 is 17.5 Å². The highest BCUT2D eigenvalue weighted by atomic mass is 32.2. The van der Waals surface area contributed by atoms with Crippen molar-refractivity contribution in [1.82, 2.24) is 9.47 Å².